The van der Waals surface area contributed by atoms with Gasteiger partial charge in [-0.15, -0.1) is 0 Å². The molecule has 42 heteroatoms. The van der Waals surface area contributed by atoms with Crippen LogP contribution in [0, 0.1) is 34.9 Å². The molecule has 0 unspecified atom stereocenters. The third-order valence-electron chi connectivity index (χ3n) is 20.3. The molecule has 1 aliphatic carbocycles. The van der Waals surface area contributed by atoms with Gasteiger partial charge in [0, 0.05) is 133 Å². The number of nitrogens with zero attached hydrogens (tertiary/aromatic N) is 11. The third kappa shape index (κ3) is 23.2. The van der Waals surface area contributed by atoms with Crippen LogP contribution in [0.3, 0.4) is 0 Å². The summed E-state index contributed by atoms with van der Waals surface area (Å²) in [6.07, 6.45) is 18.2. The fraction of sp³-hybridized carbons (Fsp3) is 0.0737. The summed E-state index contributed by atoms with van der Waals surface area (Å²) in [7, 11) is 0. The molecule has 31 nitrogen and oxygen atoms in total. The Morgan fingerprint density at radius 3 is 1.03 bits per heavy atom. The van der Waals surface area contributed by atoms with Gasteiger partial charge < -0.3 is 63.1 Å². The zero-order chi connectivity index (χ0) is 99.0. The van der Waals surface area contributed by atoms with E-state index >= 15 is 0 Å². The second kappa shape index (κ2) is 42.3. The van der Waals surface area contributed by atoms with Crippen molar-refractivity contribution in [3.8, 4) is 89.8 Å². The average molecular weight is 1890 g/mol. The van der Waals surface area contributed by atoms with Gasteiger partial charge in [0.2, 0.25) is 32.6 Å². The van der Waals surface area contributed by atoms with Crippen molar-refractivity contribution in [3.05, 3.63) is 423 Å². The van der Waals surface area contributed by atoms with E-state index in [0.29, 0.717) is 49.8 Å². The van der Waals surface area contributed by atoms with Crippen LogP contribution in [0.1, 0.15) is 81.5 Å². The Hall–Kier alpha value is -18.3. The van der Waals surface area contributed by atoms with E-state index in [1.165, 1.54) is 206 Å². The second-order valence-corrected chi connectivity index (χ2v) is 29.2. The number of carboxylic acids is 6. The number of hydrogen-bond acceptors (Lipinski definition) is 17. The van der Waals surface area contributed by atoms with Crippen LogP contribution < -0.4 is 32.6 Å². The van der Waals surface area contributed by atoms with Gasteiger partial charge in [0.05, 0.1) is 42.8 Å². The molecule has 17 rings (SSSR count). The summed E-state index contributed by atoms with van der Waals surface area (Å²) in [5.74, 6) is -10.3. The molecule has 696 valence electrons. The smallest absolute Gasteiger partial charge is 0.411 e. The maximum absolute atomic E-state index is 13.3. The lowest BCUT2D eigenvalue weighted by Gasteiger charge is -2.24. The molecular formula is C95H65F11N12O19. The van der Waals surface area contributed by atoms with Crippen LogP contribution in [-0.4, -0.2) is 142 Å². The number of H-pyrrole nitrogens is 1. The number of aromatic amines is 1. The van der Waals surface area contributed by atoms with Crippen LogP contribution in [0.25, 0.3) is 89.8 Å². The van der Waals surface area contributed by atoms with Crippen molar-refractivity contribution < 1.29 is 113 Å². The first-order valence-electron chi connectivity index (χ1n) is 39.6. The van der Waals surface area contributed by atoms with Gasteiger partial charge in [0.15, 0.2) is 0 Å². The predicted molar refractivity (Wildman–Crippen MR) is 469 cm³/mol. The molecule has 0 bridgehead atoms. The lowest BCUT2D eigenvalue weighted by Crippen LogP contribution is -2.36. The first kappa shape index (κ1) is 97.8. The van der Waals surface area contributed by atoms with E-state index in [4.69, 9.17) is 15.3 Å². The number of aromatic nitrogens is 12. The van der Waals surface area contributed by atoms with Crippen LogP contribution in [0.5, 0.6) is 0 Å². The molecule has 0 spiro atoms. The summed E-state index contributed by atoms with van der Waals surface area (Å²) < 4.78 is 152. The van der Waals surface area contributed by atoms with Crippen molar-refractivity contribution >= 4 is 35.8 Å². The van der Waals surface area contributed by atoms with Gasteiger partial charge in [-0.05, 0) is 143 Å². The number of pyridine rings is 8. The average Bonchev–Trinajstić information content (AvgIpc) is 1.57. The number of alkyl halides is 5. The molecule has 1 saturated carbocycles. The number of aromatic carboxylic acids is 6. The van der Waals surface area contributed by atoms with Crippen LogP contribution in [0.15, 0.2) is 322 Å². The minimum atomic E-state index is -4.57. The number of aliphatic hydroxyl groups excluding tert-OH is 1. The zero-order valence-corrected chi connectivity index (χ0v) is 69.7. The maximum atomic E-state index is 13.3. The number of aliphatic hydroxyl groups is 1. The van der Waals surface area contributed by atoms with E-state index < -0.39 is 133 Å². The minimum absolute atomic E-state index is 0.00954. The van der Waals surface area contributed by atoms with Crippen molar-refractivity contribution in [1.29, 1.82) is 0 Å². The highest BCUT2D eigenvalue weighted by Gasteiger charge is 2.64. The molecular weight excluding hydrogens is 1820 g/mol. The number of carboxylic acid groups (broad SMARTS) is 6. The standard InChI is InChI=1S/2C17H11FN2O3.C16H11F4NO3.C16H10F3N3O3.C15H10FN3O3.C14H12FNO4/c18-12-5-3-11(4-6-12)14-9-20(13-2-1-7-19-8-13)10-15(16(14)21)17(22)23;18-12-6-4-11(5-7-12)13-9-20(15-3-1-2-8-19-15)10-14(16(13)21)17(22)23;17-10-3-1-9(2-4-10)11-7-21(8-12(13(11)22)14(23)24)15(5-6-15)16(18,19)20;17-10-3-1-9(2-4-10)12-7-21(8-13(14(12)23)15(24)25)11-5-20-22(6-11)16(18)19;16-10-3-1-9(2-4-10)11-7-19(13-5-6-17-18-13)8-12(14(11)20)15(21)22;15-10-3-1-9(2-4-10)11-7-16(5-6-17)8-12(13(11)18)14(19)20/h2*1-10H,(H,22,23);1-4,7-8H,5-6H2,(H,23,24);1-8,16H,(H,24,25);1-8H,(H,17,18)(H,21,22);1-4,7-8,17H,5-6H2,(H,19,20). The number of nitrogens with one attached hydrogen (secondary N) is 1. The van der Waals surface area contributed by atoms with Crippen molar-refractivity contribution in [2.75, 3.05) is 6.61 Å². The van der Waals surface area contributed by atoms with Gasteiger partial charge in [-0.3, -0.25) is 38.8 Å². The number of hydrogen-bond donors (Lipinski definition) is 8. The van der Waals surface area contributed by atoms with Gasteiger partial charge in [-0.25, -0.2) is 64.8 Å². The number of benzene rings is 6. The second-order valence-electron chi connectivity index (χ2n) is 29.2. The maximum Gasteiger partial charge on any atom is 0.411 e. The molecule has 0 amide bonds. The van der Waals surface area contributed by atoms with E-state index in [9.17, 15) is 126 Å². The Morgan fingerprint density at radius 1 is 0.365 bits per heavy atom. The Bertz CT molecular complexity index is 7430. The van der Waals surface area contributed by atoms with Gasteiger partial charge >= 0.3 is 48.5 Å². The third-order valence-corrected chi connectivity index (χ3v) is 20.3. The first-order chi connectivity index (χ1) is 65.2. The minimum Gasteiger partial charge on any atom is -0.477 e. The van der Waals surface area contributed by atoms with Crippen LogP contribution in [0.2, 0.25) is 0 Å². The summed E-state index contributed by atoms with van der Waals surface area (Å²) in [4.78, 5) is 150. The molecule has 1 fully saturated rings. The SMILES string of the molecule is O=C(O)c1cn(-c2ccccn2)cc(-c2ccc(F)cc2)c1=O.O=C(O)c1cn(-c2cccnc2)cc(-c2ccc(F)cc2)c1=O.O=C(O)c1cn(-c2ccn[nH]2)cc(-c2ccc(F)cc2)c1=O.O=C(O)c1cn(-c2cnn(C(F)F)c2)cc(-c2ccc(F)cc2)c1=O.O=C(O)c1cn(C2(C(F)(F)F)CC2)cc(-c2ccc(F)cc2)c1=O.O=C(O)c1cn(CCO)cc(-c2ccc(F)cc2)c1=O. The van der Waals surface area contributed by atoms with Crippen LogP contribution in [0.4, 0.5) is 48.3 Å². The Kier molecular flexibility index (Phi) is 30.2. The van der Waals surface area contributed by atoms with Crippen LogP contribution in [-0.2, 0) is 12.1 Å². The molecule has 0 radical (unpaired) electrons. The molecule has 0 aliphatic heterocycles. The van der Waals surface area contributed by atoms with Gasteiger partial charge in [0.1, 0.15) is 85.5 Å². The fourth-order valence-corrected chi connectivity index (χ4v) is 13.3. The van der Waals surface area contributed by atoms with E-state index in [2.05, 4.69) is 25.3 Å². The molecule has 16 aromatic rings. The fourth-order valence-electron chi connectivity index (χ4n) is 13.3. The van der Waals surface area contributed by atoms with E-state index in [0.717, 1.165) is 59.8 Å². The topological polar surface area (TPSA) is 448 Å². The van der Waals surface area contributed by atoms with E-state index in [1.54, 1.807) is 55.0 Å². The molecule has 10 heterocycles. The van der Waals surface area contributed by atoms with Gasteiger partial charge in [0.25, 0.3) is 0 Å². The number of carbonyl (C=O) groups is 6. The molecule has 137 heavy (non-hydrogen) atoms. The lowest BCUT2D eigenvalue weighted by molar-refractivity contribution is -0.180. The van der Waals surface area contributed by atoms with Crippen molar-refractivity contribution in [1.82, 2.24) is 57.3 Å². The molecule has 10 aromatic heterocycles. The molecule has 8 N–H and O–H groups in total. The Balaban J connectivity index is 0.000000148. The Labute approximate surface area is 759 Å². The van der Waals surface area contributed by atoms with Gasteiger partial charge in [-0.2, -0.15) is 32.1 Å². The van der Waals surface area contributed by atoms with Crippen LogP contribution >= 0.6 is 0 Å². The quantitative estimate of drug-likeness (QED) is 0.0329. The normalized spacial score (nSPS) is 11.6. The largest absolute Gasteiger partial charge is 0.477 e. The zero-order valence-electron chi connectivity index (χ0n) is 69.7. The summed E-state index contributed by atoms with van der Waals surface area (Å²) in [5, 5.41) is 74.0. The monoisotopic (exact) mass is 1890 g/mol. The van der Waals surface area contributed by atoms with Crippen molar-refractivity contribution in [2.45, 2.75) is 37.7 Å². The molecule has 0 saturated heterocycles. The molecule has 6 aromatic carbocycles. The Morgan fingerprint density at radius 2 is 0.708 bits per heavy atom. The molecule has 0 atom stereocenters. The lowest BCUT2D eigenvalue weighted by atomic mass is 10.0. The van der Waals surface area contributed by atoms with Crippen molar-refractivity contribution in [2.24, 2.45) is 0 Å². The highest BCUT2D eigenvalue weighted by Crippen LogP contribution is 2.55. The summed E-state index contributed by atoms with van der Waals surface area (Å²) in [6.45, 7) is -2.89. The van der Waals surface area contributed by atoms with E-state index in [-0.39, 0.29) is 92.9 Å². The highest BCUT2D eigenvalue weighted by atomic mass is 19.4. The van der Waals surface area contributed by atoms with Crippen molar-refractivity contribution in [3.63, 3.8) is 0 Å². The predicted octanol–water partition coefficient (Wildman–Crippen LogP) is 15.2. The molecule has 1 aliphatic rings. The highest BCUT2D eigenvalue weighted by molar-refractivity contribution is 5.93. The van der Waals surface area contributed by atoms with E-state index in [1.807, 2.05) is 0 Å². The van der Waals surface area contributed by atoms with Gasteiger partial charge in [-0.1, -0.05) is 78.9 Å². The number of halogens is 11. The summed E-state index contributed by atoms with van der Waals surface area (Å²) in [5.41, 5.74) is -5.86. The number of rotatable bonds is 20. The first-order valence-corrected chi connectivity index (χ1v) is 39.6. The summed E-state index contributed by atoms with van der Waals surface area (Å²) >= 11 is 0. The summed E-state index contributed by atoms with van der Waals surface area (Å²) in [6, 6.07) is 40.7.